The van der Waals surface area contributed by atoms with Gasteiger partial charge in [0.15, 0.2) is 17.5 Å². The molecule has 0 unspecified atom stereocenters. The lowest BCUT2D eigenvalue weighted by atomic mass is 9.89. The first-order valence-corrected chi connectivity index (χ1v) is 26.7. The molecule has 0 aliphatic carbocycles. The molecule has 0 bridgehead atoms. The minimum absolute atomic E-state index is 0.0780. The monoisotopic (exact) mass is 967 g/mol. The molecule has 0 aliphatic heterocycles. The number of aryl methyl sites for hydroxylation is 6. The van der Waals surface area contributed by atoms with Crippen LogP contribution in [-0.2, 0) is 54.8 Å². The molecule has 0 radical (unpaired) electrons. The van der Waals surface area contributed by atoms with Crippen LogP contribution in [-0.4, -0.2) is 59.8 Å². The number of nitrogens with zero attached hydrogens (tertiary/aromatic N) is 12. The molecular weight excluding hydrogens is 889 g/mol. The van der Waals surface area contributed by atoms with Crippen LogP contribution in [0.4, 0.5) is 0 Å². The highest BCUT2D eigenvalue weighted by atomic mass is 15.0. The van der Waals surface area contributed by atoms with Gasteiger partial charge in [-0.1, -0.05) is 142 Å². The lowest BCUT2D eigenvalue weighted by molar-refractivity contribution is 0.584. The highest BCUT2D eigenvalue weighted by Crippen LogP contribution is 2.38. The summed E-state index contributed by atoms with van der Waals surface area (Å²) in [6.45, 7) is 32.7. The van der Waals surface area contributed by atoms with Crippen molar-refractivity contribution in [1.82, 2.24) is 59.8 Å². The summed E-state index contributed by atoms with van der Waals surface area (Å²) in [4.78, 5) is 62.5. The second-order valence-electron chi connectivity index (χ2n) is 22.4. The van der Waals surface area contributed by atoms with E-state index in [2.05, 4.69) is 122 Å². The molecule has 12 heteroatoms. The maximum atomic E-state index is 5.59. The van der Waals surface area contributed by atoms with Gasteiger partial charge >= 0.3 is 0 Å². The Balaban J connectivity index is 1.53. The Bertz CT molecular complexity index is 2620. The molecule has 0 saturated heterocycles. The number of hydrogen-bond acceptors (Lipinski definition) is 12. The second kappa shape index (κ2) is 22.6. The van der Waals surface area contributed by atoms with Crippen molar-refractivity contribution in [3.8, 4) is 68.3 Å². The van der Waals surface area contributed by atoms with Crippen molar-refractivity contribution < 1.29 is 0 Å². The Hall–Kier alpha value is -6.30. The molecule has 378 valence electrons. The summed E-state index contributed by atoms with van der Waals surface area (Å²) < 4.78 is 0. The highest BCUT2D eigenvalue weighted by Gasteiger charge is 2.26. The first-order valence-electron chi connectivity index (χ1n) is 26.7. The molecule has 6 aromatic heterocycles. The standard InChI is InChI=1S/C60H78N12/c1-16-22-43-49(67-46(25-19-4)52(70-43)55-61-31-40(32-62-55)58(7,8)9)37-28-38(50-44(23-17-2)71-53(47(68-50)26-20-5)56-63-33-41(34-64-56)59(10,11)12)30-39(29-37)51-45(24-18-3)72-54(48(69-51)27-21-6)57-65-35-42(36-66-57)60(13,14)15/h28-36H,16-27H2,1-15H3. The lowest BCUT2D eigenvalue weighted by Gasteiger charge is -2.20. The SMILES string of the molecule is CCCc1nc(-c2ncc(C(C)(C)C)cn2)c(CCC)nc1-c1cc(-c2nc(CCC)c(-c3ncc(C(C)(C)C)cn3)nc2CCC)cc(-c2nc(CCC)c(-c3ncc(C(C)(C)C)cn3)nc2CCC)c1. The molecule has 1 aromatic carbocycles. The van der Waals surface area contributed by atoms with E-state index >= 15 is 0 Å². The topological polar surface area (TPSA) is 155 Å². The van der Waals surface area contributed by atoms with Crippen LogP contribution in [0.3, 0.4) is 0 Å². The molecule has 7 aromatic rings. The minimum atomic E-state index is -0.0780. The van der Waals surface area contributed by atoms with Crippen LogP contribution in [0, 0.1) is 0 Å². The fourth-order valence-electron chi connectivity index (χ4n) is 8.76. The predicted octanol–water partition coefficient (Wildman–Crippen LogP) is 14.0. The summed E-state index contributed by atoms with van der Waals surface area (Å²) in [5.74, 6) is 1.78. The van der Waals surface area contributed by atoms with Gasteiger partial charge in [0.25, 0.3) is 0 Å². The normalized spacial score (nSPS) is 12.2. The van der Waals surface area contributed by atoms with Gasteiger partial charge < -0.3 is 0 Å². The van der Waals surface area contributed by atoms with E-state index in [1.807, 2.05) is 37.2 Å². The van der Waals surface area contributed by atoms with Crippen molar-refractivity contribution >= 4 is 0 Å². The van der Waals surface area contributed by atoms with Crippen molar-refractivity contribution in [2.24, 2.45) is 0 Å². The largest absolute Gasteiger partial charge is 0.249 e. The fourth-order valence-corrected chi connectivity index (χ4v) is 8.76. The first kappa shape index (κ1) is 53.5. The summed E-state index contributed by atoms with van der Waals surface area (Å²) in [5, 5.41) is 0. The van der Waals surface area contributed by atoms with Crippen molar-refractivity contribution in [2.75, 3.05) is 0 Å². The third kappa shape index (κ3) is 12.1. The number of benzene rings is 1. The minimum Gasteiger partial charge on any atom is -0.249 e. The van der Waals surface area contributed by atoms with Gasteiger partial charge in [-0.15, -0.1) is 0 Å². The Morgan fingerprint density at radius 2 is 0.458 bits per heavy atom. The average Bonchev–Trinajstić information content (AvgIpc) is 3.34. The third-order valence-corrected chi connectivity index (χ3v) is 13.0. The molecule has 0 aliphatic rings. The van der Waals surface area contributed by atoms with Crippen molar-refractivity contribution in [3.05, 3.63) is 106 Å². The van der Waals surface area contributed by atoms with Crippen LogP contribution in [0.1, 0.15) is 193 Å². The second-order valence-corrected chi connectivity index (χ2v) is 22.4. The van der Waals surface area contributed by atoms with E-state index in [9.17, 15) is 0 Å². The molecule has 12 nitrogen and oxygen atoms in total. The van der Waals surface area contributed by atoms with E-state index in [1.165, 1.54) is 0 Å². The van der Waals surface area contributed by atoms with Gasteiger partial charge in [-0.05, 0) is 89.7 Å². The van der Waals surface area contributed by atoms with Crippen LogP contribution in [0.25, 0.3) is 68.3 Å². The van der Waals surface area contributed by atoms with E-state index in [0.29, 0.717) is 17.5 Å². The highest BCUT2D eigenvalue weighted by molar-refractivity contribution is 5.81. The van der Waals surface area contributed by atoms with Crippen molar-refractivity contribution in [1.29, 1.82) is 0 Å². The average molecular weight is 967 g/mol. The molecule has 7 rings (SSSR count). The van der Waals surface area contributed by atoms with E-state index in [1.54, 1.807) is 0 Å². The predicted molar refractivity (Wildman–Crippen MR) is 293 cm³/mol. The molecule has 0 fully saturated rings. The Morgan fingerprint density at radius 1 is 0.278 bits per heavy atom. The number of hydrogen-bond donors (Lipinski definition) is 0. The summed E-state index contributed by atoms with van der Waals surface area (Å²) in [6.07, 6.45) is 21.2. The zero-order chi connectivity index (χ0) is 52.0. The summed E-state index contributed by atoms with van der Waals surface area (Å²) in [5.41, 5.74) is 15.8. The number of aromatic nitrogens is 12. The Labute approximate surface area is 429 Å². The van der Waals surface area contributed by atoms with Gasteiger partial charge in [-0.3, -0.25) is 0 Å². The fraction of sp³-hybridized carbons (Fsp3) is 0.500. The van der Waals surface area contributed by atoms with Gasteiger partial charge in [0.1, 0.15) is 17.1 Å². The lowest BCUT2D eigenvalue weighted by Crippen LogP contribution is -2.13. The van der Waals surface area contributed by atoms with Gasteiger partial charge in [0, 0.05) is 53.9 Å². The van der Waals surface area contributed by atoms with E-state index in [-0.39, 0.29) is 16.2 Å². The molecule has 0 amide bonds. The molecule has 0 spiro atoms. The molecule has 0 N–H and O–H groups in total. The first-order chi connectivity index (χ1) is 34.3. The summed E-state index contributed by atoms with van der Waals surface area (Å²) in [6, 6.07) is 6.72. The quantitative estimate of drug-likeness (QED) is 0.0804. The molecule has 0 saturated carbocycles. The zero-order valence-electron chi connectivity index (χ0n) is 46.0. The smallest absolute Gasteiger partial charge is 0.180 e. The van der Waals surface area contributed by atoms with Gasteiger partial charge in [-0.2, -0.15) is 0 Å². The van der Waals surface area contributed by atoms with Crippen molar-refractivity contribution in [2.45, 2.75) is 197 Å². The number of rotatable bonds is 18. The van der Waals surface area contributed by atoms with Crippen LogP contribution >= 0.6 is 0 Å². The maximum absolute atomic E-state index is 5.59. The van der Waals surface area contributed by atoms with Crippen LogP contribution < -0.4 is 0 Å². The van der Waals surface area contributed by atoms with E-state index < -0.39 is 0 Å². The van der Waals surface area contributed by atoms with Crippen LogP contribution in [0.15, 0.2) is 55.4 Å². The van der Waals surface area contributed by atoms with E-state index in [4.69, 9.17) is 59.8 Å². The van der Waals surface area contributed by atoms with E-state index in [0.717, 1.165) is 179 Å². The molecule has 72 heavy (non-hydrogen) atoms. The molecular formula is C60H78N12. The van der Waals surface area contributed by atoms with Crippen LogP contribution in [0.5, 0.6) is 0 Å². The Morgan fingerprint density at radius 3 is 0.639 bits per heavy atom. The zero-order valence-corrected chi connectivity index (χ0v) is 46.0. The van der Waals surface area contributed by atoms with Gasteiger partial charge in [0.2, 0.25) is 0 Å². The van der Waals surface area contributed by atoms with Crippen LogP contribution in [0.2, 0.25) is 0 Å². The van der Waals surface area contributed by atoms with Gasteiger partial charge in [0.05, 0.1) is 51.2 Å². The van der Waals surface area contributed by atoms with Crippen molar-refractivity contribution in [3.63, 3.8) is 0 Å². The summed E-state index contributed by atoms with van der Waals surface area (Å²) in [7, 11) is 0. The maximum Gasteiger partial charge on any atom is 0.180 e. The Kier molecular flexibility index (Phi) is 16.8. The molecule has 6 heterocycles. The summed E-state index contributed by atoms with van der Waals surface area (Å²) >= 11 is 0. The molecule has 0 atom stereocenters. The third-order valence-electron chi connectivity index (χ3n) is 13.0. The van der Waals surface area contributed by atoms with Gasteiger partial charge in [-0.25, -0.2) is 59.8 Å².